The predicted molar refractivity (Wildman–Crippen MR) is 141 cm³/mol. The van der Waals surface area contributed by atoms with E-state index in [2.05, 4.69) is 34.5 Å². The lowest BCUT2D eigenvalue weighted by atomic mass is 10.0. The average molecular weight is 503 g/mol. The molecule has 4 aromatic rings. The Hall–Kier alpha value is -3.81. The first-order chi connectivity index (χ1) is 17.2. The van der Waals surface area contributed by atoms with Crippen LogP contribution in [0.5, 0.6) is 0 Å². The molecule has 0 amide bonds. The van der Waals surface area contributed by atoms with Gasteiger partial charge in [-0.25, -0.2) is 18.9 Å². The van der Waals surface area contributed by atoms with Crippen molar-refractivity contribution in [2.75, 3.05) is 13.2 Å². The number of carbonyl (C=O) groups is 1. The molecular weight excluding hydrogens is 472 g/mol. The van der Waals surface area contributed by atoms with Crippen molar-refractivity contribution in [3.8, 4) is 22.5 Å². The third-order valence-corrected chi connectivity index (χ3v) is 7.36. The minimum atomic E-state index is -1.28. The van der Waals surface area contributed by atoms with Crippen molar-refractivity contribution in [1.82, 2.24) is 24.1 Å². The predicted octanol–water partition coefficient (Wildman–Crippen LogP) is 5.61. The molecule has 0 bridgehead atoms. The van der Waals surface area contributed by atoms with Crippen molar-refractivity contribution in [3.63, 3.8) is 0 Å². The fraction of sp³-hybridized carbons (Fsp3) is 0.346. The number of ether oxygens (including phenoxy) is 2. The minimum absolute atomic E-state index is 0.109. The molecule has 36 heavy (non-hydrogen) atoms. The minimum Gasteiger partial charge on any atom is -0.461 e. The van der Waals surface area contributed by atoms with E-state index < -0.39 is 14.0 Å². The summed E-state index contributed by atoms with van der Waals surface area (Å²) in [6, 6.07) is 10.4. The molecule has 0 aromatic carbocycles. The van der Waals surface area contributed by atoms with Crippen molar-refractivity contribution in [3.05, 3.63) is 65.5 Å². The first-order valence-corrected chi connectivity index (χ1v) is 15.6. The molecule has 4 rings (SSSR count). The van der Waals surface area contributed by atoms with Gasteiger partial charge in [0.05, 0.1) is 24.7 Å². The molecule has 0 aliphatic rings. The molecule has 0 aliphatic carbocycles. The molecule has 186 valence electrons. The van der Waals surface area contributed by atoms with Crippen molar-refractivity contribution in [2.24, 2.45) is 0 Å². The van der Waals surface area contributed by atoms with Gasteiger partial charge in [-0.05, 0) is 38.1 Å². The molecule has 4 heterocycles. The standard InChI is InChI=1S/C26H30N6O3Si/c1-7-35-26(33)25-23(19-11-12-21-28-15-22(27-3)31(21)16-19)24(20-10-8-9-18(2)29-20)30-32(25)17-34-13-14-36(4,5)6/h8-12,15-16H,7,13-14,17H2,1-2,4-6H3. The van der Waals surface area contributed by atoms with Crippen molar-refractivity contribution >= 4 is 25.5 Å². The van der Waals surface area contributed by atoms with Crippen LogP contribution in [0.1, 0.15) is 23.1 Å². The number of pyridine rings is 2. The Kier molecular flexibility index (Phi) is 7.33. The van der Waals surface area contributed by atoms with E-state index in [1.54, 1.807) is 22.2 Å². The first-order valence-electron chi connectivity index (χ1n) is 11.9. The number of esters is 1. The van der Waals surface area contributed by atoms with Gasteiger partial charge in [0.25, 0.3) is 5.82 Å². The third kappa shape index (κ3) is 5.37. The van der Waals surface area contributed by atoms with Crippen LogP contribution < -0.4 is 0 Å². The number of carbonyl (C=O) groups excluding carboxylic acids is 1. The van der Waals surface area contributed by atoms with Crippen LogP contribution in [0.2, 0.25) is 25.7 Å². The van der Waals surface area contributed by atoms with Gasteiger partial charge in [0.1, 0.15) is 12.4 Å². The lowest BCUT2D eigenvalue weighted by Gasteiger charge is -2.15. The van der Waals surface area contributed by atoms with Crippen LogP contribution in [0.4, 0.5) is 5.82 Å². The number of nitrogens with zero attached hydrogens (tertiary/aromatic N) is 6. The zero-order valence-electron chi connectivity index (χ0n) is 21.3. The number of hydrogen-bond donors (Lipinski definition) is 0. The fourth-order valence-corrected chi connectivity index (χ4v) is 4.57. The summed E-state index contributed by atoms with van der Waals surface area (Å²) < 4.78 is 14.7. The van der Waals surface area contributed by atoms with Crippen LogP contribution in [-0.2, 0) is 16.2 Å². The van der Waals surface area contributed by atoms with E-state index >= 15 is 0 Å². The summed E-state index contributed by atoms with van der Waals surface area (Å²) in [6.45, 7) is 18.9. The molecule has 0 saturated carbocycles. The second-order valence-corrected chi connectivity index (χ2v) is 15.3. The Morgan fingerprint density at radius 1 is 1.19 bits per heavy atom. The molecular formula is C26H30N6O3Si. The Bertz CT molecular complexity index is 1440. The third-order valence-electron chi connectivity index (χ3n) is 5.65. The maximum absolute atomic E-state index is 13.3. The highest BCUT2D eigenvalue weighted by atomic mass is 28.3. The zero-order valence-corrected chi connectivity index (χ0v) is 22.3. The molecule has 0 spiro atoms. The Morgan fingerprint density at radius 3 is 2.69 bits per heavy atom. The van der Waals surface area contributed by atoms with Crippen molar-refractivity contribution in [1.29, 1.82) is 0 Å². The van der Waals surface area contributed by atoms with Crippen molar-refractivity contribution < 1.29 is 14.3 Å². The zero-order chi connectivity index (χ0) is 25.9. The van der Waals surface area contributed by atoms with Gasteiger partial charge in [-0.15, -0.1) is 0 Å². The summed E-state index contributed by atoms with van der Waals surface area (Å²) >= 11 is 0. The van der Waals surface area contributed by atoms with Gasteiger partial charge in [0.2, 0.25) is 5.65 Å². The van der Waals surface area contributed by atoms with Gasteiger partial charge in [0, 0.05) is 37.6 Å². The molecule has 0 unspecified atom stereocenters. The van der Waals surface area contributed by atoms with E-state index in [0.717, 1.165) is 11.7 Å². The lowest BCUT2D eigenvalue weighted by Crippen LogP contribution is -2.22. The average Bonchev–Trinajstić information content (AvgIpc) is 3.42. The summed E-state index contributed by atoms with van der Waals surface area (Å²) in [6.07, 6.45) is 3.32. The summed E-state index contributed by atoms with van der Waals surface area (Å²) in [5.74, 6) is -0.120. The molecule has 0 aliphatic heterocycles. The largest absolute Gasteiger partial charge is 0.461 e. The van der Waals surface area contributed by atoms with Gasteiger partial charge < -0.3 is 14.3 Å². The Balaban J connectivity index is 1.90. The smallest absolute Gasteiger partial charge is 0.357 e. The maximum atomic E-state index is 13.3. The van der Waals surface area contributed by atoms with Crippen LogP contribution in [0.3, 0.4) is 0 Å². The highest BCUT2D eigenvalue weighted by Gasteiger charge is 2.28. The Labute approximate surface area is 211 Å². The topological polar surface area (TPSA) is 87.9 Å². The monoisotopic (exact) mass is 502 g/mol. The highest BCUT2D eigenvalue weighted by molar-refractivity contribution is 6.76. The van der Waals surface area contributed by atoms with Crippen LogP contribution in [-0.4, -0.2) is 51.4 Å². The Morgan fingerprint density at radius 2 is 2.00 bits per heavy atom. The van der Waals surface area contributed by atoms with E-state index in [4.69, 9.17) is 21.1 Å². The van der Waals surface area contributed by atoms with Crippen LogP contribution in [0, 0.1) is 13.5 Å². The molecule has 10 heteroatoms. The molecule has 0 radical (unpaired) electrons. The molecule has 0 N–H and O–H groups in total. The molecule has 0 atom stereocenters. The lowest BCUT2D eigenvalue weighted by molar-refractivity contribution is 0.0457. The van der Waals surface area contributed by atoms with Crippen LogP contribution in [0.15, 0.2) is 42.7 Å². The van der Waals surface area contributed by atoms with Crippen LogP contribution in [0.25, 0.3) is 33.0 Å². The molecule has 0 saturated heterocycles. The van der Waals surface area contributed by atoms with E-state index in [9.17, 15) is 4.79 Å². The molecule has 9 nitrogen and oxygen atoms in total. The fourth-order valence-electron chi connectivity index (χ4n) is 3.82. The highest BCUT2D eigenvalue weighted by Crippen LogP contribution is 2.35. The number of rotatable bonds is 9. The van der Waals surface area contributed by atoms with Crippen molar-refractivity contribution in [2.45, 2.75) is 46.3 Å². The first kappa shape index (κ1) is 25.3. The maximum Gasteiger partial charge on any atom is 0.357 e. The number of aromatic nitrogens is 5. The van der Waals surface area contributed by atoms with Gasteiger partial charge in [-0.3, -0.25) is 4.98 Å². The van der Waals surface area contributed by atoms with E-state index in [1.807, 2.05) is 37.3 Å². The molecule has 4 aromatic heterocycles. The molecule has 0 fully saturated rings. The van der Waals surface area contributed by atoms with Gasteiger partial charge >= 0.3 is 5.97 Å². The van der Waals surface area contributed by atoms with E-state index in [0.29, 0.717) is 40.6 Å². The second kappa shape index (κ2) is 10.4. The van der Waals surface area contributed by atoms with E-state index in [-0.39, 0.29) is 19.0 Å². The summed E-state index contributed by atoms with van der Waals surface area (Å²) in [5, 5.41) is 4.80. The number of fused-ring (bicyclic) bond motifs is 1. The summed E-state index contributed by atoms with van der Waals surface area (Å²) in [4.78, 5) is 25.8. The normalized spacial score (nSPS) is 11.6. The summed E-state index contributed by atoms with van der Waals surface area (Å²) in [5.41, 5.74) is 4.20. The number of hydrogen-bond acceptors (Lipinski definition) is 6. The number of imidazole rings is 1. The number of aryl methyl sites for hydroxylation is 1. The van der Waals surface area contributed by atoms with Gasteiger partial charge in [-0.2, -0.15) is 5.10 Å². The quantitative estimate of drug-likeness (QED) is 0.128. The van der Waals surface area contributed by atoms with E-state index in [1.165, 1.54) is 6.20 Å². The van der Waals surface area contributed by atoms with Gasteiger partial charge in [0.15, 0.2) is 5.69 Å². The SMILES string of the molecule is [C-]#[N+]c1cnc2ccc(-c3c(-c4cccc(C)n4)nn(COCC[Si](C)(C)C)c3C(=O)OCC)cn12. The second-order valence-electron chi connectivity index (χ2n) is 9.68. The van der Waals surface area contributed by atoms with Gasteiger partial charge in [-0.1, -0.05) is 32.3 Å². The summed E-state index contributed by atoms with van der Waals surface area (Å²) in [7, 11) is -1.28. The van der Waals surface area contributed by atoms with Crippen LogP contribution >= 0.6 is 0 Å².